The summed E-state index contributed by atoms with van der Waals surface area (Å²) in [7, 11) is 0. The molecule has 0 spiro atoms. The molecule has 3 heterocycles. The van der Waals surface area contributed by atoms with Crippen LogP contribution in [0.25, 0.3) is 22.4 Å². The summed E-state index contributed by atoms with van der Waals surface area (Å²) in [4.78, 5) is 19.9. The van der Waals surface area contributed by atoms with Gasteiger partial charge in [0.05, 0.1) is 29.6 Å². The zero-order valence-electron chi connectivity index (χ0n) is 14.8. The molecule has 0 aliphatic carbocycles. The number of aryl methyl sites for hydroxylation is 2. The van der Waals surface area contributed by atoms with Gasteiger partial charge in [-0.2, -0.15) is 4.98 Å². The summed E-state index contributed by atoms with van der Waals surface area (Å²) in [6.07, 6.45) is 0. The maximum Gasteiger partial charge on any atom is 0.228 e. The van der Waals surface area contributed by atoms with Crippen molar-refractivity contribution < 1.29 is 13.5 Å². The van der Waals surface area contributed by atoms with Crippen LogP contribution in [0.15, 0.2) is 12.1 Å². The molecule has 9 heteroatoms. The molecule has 0 amide bonds. The zero-order valence-corrected chi connectivity index (χ0v) is 15.5. The minimum Gasteiger partial charge on any atom is -0.378 e. The molecule has 3 aromatic rings. The number of benzene rings is 1. The van der Waals surface area contributed by atoms with Crippen LogP contribution in [-0.2, 0) is 4.74 Å². The summed E-state index contributed by atoms with van der Waals surface area (Å²) in [5, 5.41) is -0.291. The number of morpholine rings is 1. The molecular formula is C18H16ClF2N5O. The van der Waals surface area contributed by atoms with E-state index in [0.717, 1.165) is 0 Å². The van der Waals surface area contributed by atoms with Gasteiger partial charge in [0.1, 0.15) is 11.2 Å². The van der Waals surface area contributed by atoms with Gasteiger partial charge in [0.15, 0.2) is 17.3 Å². The van der Waals surface area contributed by atoms with Crippen LogP contribution in [0.1, 0.15) is 11.4 Å². The van der Waals surface area contributed by atoms with Gasteiger partial charge in [-0.3, -0.25) is 0 Å². The molecule has 27 heavy (non-hydrogen) atoms. The van der Waals surface area contributed by atoms with Gasteiger partial charge in [-0.15, -0.1) is 0 Å². The highest BCUT2D eigenvalue weighted by Crippen LogP contribution is 2.32. The van der Waals surface area contributed by atoms with Crippen LogP contribution in [0, 0.1) is 25.5 Å². The second-order valence-corrected chi connectivity index (χ2v) is 6.67. The van der Waals surface area contributed by atoms with Crippen molar-refractivity contribution in [3.63, 3.8) is 0 Å². The maximum absolute atomic E-state index is 14.6. The molecule has 0 atom stereocenters. The standard InChI is InChI=1S/C18H16ClF2N5O/c1-9-10(2)23-17-16(22-9)15(11-3-4-12(19)14(21)13(11)20)24-18(25-17)26-5-7-27-8-6-26/h3-4H,5-8H2,1-2H3. The second kappa shape index (κ2) is 6.94. The predicted molar refractivity (Wildman–Crippen MR) is 98.0 cm³/mol. The number of halogens is 3. The summed E-state index contributed by atoms with van der Waals surface area (Å²) in [6, 6.07) is 2.69. The molecule has 0 bridgehead atoms. The first-order chi connectivity index (χ1) is 13.0. The number of hydrogen-bond acceptors (Lipinski definition) is 6. The van der Waals surface area contributed by atoms with Crippen molar-refractivity contribution in [3.05, 3.63) is 40.2 Å². The van der Waals surface area contributed by atoms with E-state index in [1.807, 2.05) is 11.8 Å². The summed E-state index contributed by atoms with van der Waals surface area (Å²) in [6.45, 7) is 5.89. The molecule has 140 valence electrons. The average molecular weight is 392 g/mol. The molecule has 1 aliphatic heterocycles. The fourth-order valence-corrected chi connectivity index (χ4v) is 3.05. The van der Waals surface area contributed by atoms with Gasteiger partial charge in [-0.25, -0.2) is 23.7 Å². The molecule has 6 nitrogen and oxygen atoms in total. The Kier molecular flexibility index (Phi) is 4.61. The van der Waals surface area contributed by atoms with E-state index in [1.54, 1.807) is 6.92 Å². The van der Waals surface area contributed by atoms with Crippen molar-refractivity contribution in [1.82, 2.24) is 19.9 Å². The van der Waals surface area contributed by atoms with Gasteiger partial charge >= 0.3 is 0 Å². The van der Waals surface area contributed by atoms with Crippen LogP contribution in [0.5, 0.6) is 0 Å². The lowest BCUT2D eigenvalue weighted by atomic mass is 10.1. The first-order valence-corrected chi connectivity index (χ1v) is 8.83. The average Bonchev–Trinajstić information content (AvgIpc) is 2.67. The fourth-order valence-electron chi connectivity index (χ4n) is 2.90. The third-order valence-corrected chi connectivity index (χ3v) is 4.81. The number of nitrogens with zero attached hydrogens (tertiary/aromatic N) is 5. The Hall–Kier alpha value is -2.45. The first kappa shape index (κ1) is 17.9. The van der Waals surface area contributed by atoms with Crippen LogP contribution < -0.4 is 4.90 Å². The van der Waals surface area contributed by atoms with Crippen molar-refractivity contribution in [2.45, 2.75) is 13.8 Å². The molecule has 0 unspecified atom stereocenters. The third-order valence-electron chi connectivity index (χ3n) is 4.51. The highest BCUT2D eigenvalue weighted by atomic mass is 35.5. The minimum absolute atomic E-state index is 0.0311. The Bertz CT molecular complexity index is 1040. The molecule has 1 aliphatic rings. The van der Waals surface area contributed by atoms with Crippen LogP contribution in [-0.4, -0.2) is 46.2 Å². The van der Waals surface area contributed by atoms with Crippen LogP contribution in [0.2, 0.25) is 5.02 Å². The van der Waals surface area contributed by atoms with Crippen LogP contribution in [0.4, 0.5) is 14.7 Å². The van der Waals surface area contributed by atoms with Crippen molar-refractivity contribution in [1.29, 1.82) is 0 Å². The third kappa shape index (κ3) is 3.19. The molecule has 0 N–H and O–H groups in total. The van der Waals surface area contributed by atoms with E-state index in [-0.39, 0.29) is 16.3 Å². The Morgan fingerprint density at radius 1 is 0.963 bits per heavy atom. The molecule has 2 aromatic heterocycles. The number of rotatable bonds is 2. The number of fused-ring (bicyclic) bond motifs is 1. The molecule has 1 fully saturated rings. The van der Waals surface area contributed by atoms with Gasteiger partial charge < -0.3 is 9.64 Å². The van der Waals surface area contributed by atoms with Crippen molar-refractivity contribution >= 4 is 28.7 Å². The molecule has 4 rings (SSSR count). The highest BCUT2D eigenvalue weighted by Gasteiger charge is 2.23. The molecule has 1 aromatic carbocycles. The summed E-state index contributed by atoms with van der Waals surface area (Å²) < 4.78 is 34.0. The first-order valence-electron chi connectivity index (χ1n) is 8.45. The topological polar surface area (TPSA) is 64.0 Å². The lowest BCUT2D eigenvalue weighted by molar-refractivity contribution is 0.122. The normalized spacial score (nSPS) is 14.8. The van der Waals surface area contributed by atoms with Gasteiger partial charge in [-0.05, 0) is 26.0 Å². The predicted octanol–water partition coefficient (Wildman–Crippen LogP) is 3.47. The smallest absolute Gasteiger partial charge is 0.228 e. The van der Waals surface area contributed by atoms with Crippen LogP contribution in [0.3, 0.4) is 0 Å². The van der Waals surface area contributed by atoms with E-state index in [9.17, 15) is 8.78 Å². The van der Waals surface area contributed by atoms with Gasteiger partial charge in [0.2, 0.25) is 5.95 Å². The van der Waals surface area contributed by atoms with Crippen molar-refractivity contribution in [3.8, 4) is 11.3 Å². The zero-order chi connectivity index (χ0) is 19.1. The van der Waals surface area contributed by atoms with E-state index in [4.69, 9.17) is 16.3 Å². The van der Waals surface area contributed by atoms with E-state index in [0.29, 0.717) is 54.8 Å². The lowest BCUT2D eigenvalue weighted by Gasteiger charge is -2.27. The summed E-state index contributed by atoms with van der Waals surface area (Å²) in [5.74, 6) is -1.81. The van der Waals surface area contributed by atoms with Gasteiger partial charge in [0.25, 0.3) is 0 Å². The van der Waals surface area contributed by atoms with E-state index in [1.165, 1.54) is 12.1 Å². The molecular weight excluding hydrogens is 376 g/mol. The maximum atomic E-state index is 14.6. The Morgan fingerprint density at radius 2 is 1.67 bits per heavy atom. The van der Waals surface area contributed by atoms with Crippen LogP contribution >= 0.6 is 11.6 Å². The highest BCUT2D eigenvalue weighted by molar-refractivity contribution is 6.30. The van der Waals surface area contributed by atoms with E-state index in [2.05, 4.69) is 19.9 Å². The number of anilines is 1. The largest absolute Gasteiger partial charge is 0.378 e. The number of ether oxygens (including phenoxy) is 1. The SMILES string of the molecule is Cc1nc2nc(N3CCOCC3)nc(-c3ccc(Cl)c(F)c3F)c2nc1C. The van der Waals surface area contributed by atoms with E-state index < -0.39 is 11.6 Å². The van der Waals surface area contributed by atoms with E-state index >= 15 is 0 Å². The summed E-state index contributed by atoms with van der Waals surface area (Å²) >= 11 is 5.69. The molecule has 0 saturated carbocycles. The second-order valence-electron chi connectivity index (χ2n) is 6.26. The minimum atomic E-state index is -1.12. The van der Waals surface area contributed by atoms with Gasteiger partial charge in [0, 0.05) is 18.7 Å². The monoisotopic (exact) mass is 391 g/mol. The Morgan fingerprint density at radius 3 is 2.41 bits per heavy atom. The molecule has 0 radical (unpaired) electrons. The number of aromatic nitrogens is 4. The van der Waals surface area contributed by atoms with Gasteiger partial charge in [-0.1, -0.05) is 11.6 Å². The summed E-state index contributed by atoms with van der Waals surface area (Å²) in [5.41, 5.74) is 2.18. The number of hydrogen-bond donors (Lipinski definition) is 0. The lowest BCUT2D eigenvalue weighted by Crippen LogP contribution is -2.37. The quantitative estimate of drug-likeness (QED) is 0.623. The van der Waals surface area contributed by atoms with Crippen molar-refractivity contribution in [2.24, 2.45) is 0 Å². The Labute approximate surface area is 159 Å². The van der Waals surface area contributed by atoms with Crippen molar-refractivity contribution in [2.75, 3.05) is 31.2 Å². The Balaban J connectivity index is 1.99. The molecule has 1 saturated heterocycles. The fraction of sp³-hybridized carbons (Fsp3) is 0.333.